The highest BCUT2D eigenvalue weighted by Crippen LogP contribution is 2.38. The van der Waals surface area contributed by atoms with Crippen molar-refractivity contribution in [2.75, 3.05) is 27.2 Å². The number of nitro groups is 1. The average molecular weight is 425 g/mol. The van der Waals surface area contributed by atoms with Crippen LogP contribution in [0.5, 0.6) is 0 Å². The molecule has 2 aromatic carbocycles. The van der Waals surface area contributed by atoms with Crippen molar-refractivity contribution < 1.29 is 18.5 Å². The third-order valence-electron chi connectivity index (χ3n) is 5.35. The van der Waals surface area contributed by atoms with E-state index >= 15 is 0 Å². The van der Waals surface area contributed by atoms with Gasteiger partial charge in [-0.15, -0.1) is 0 Å². The second kappa shape index (κ2) is 7.92. The Morgan fingerprint density at radius 2 is 1.87 bits per heavy atom. The first kappa shape index (κ1) is 20.7. The first-order chi connectivity index (χ1) is 14.8. The number of hydrogen-bond acceptors (Lipinski definition) is 6. The maximum atomic E-state index is 13.8. The molecule has 0 fully saturated rings. The number of carbonyl (C=O) groups is 1. The van der Waals surface area contributed by atoms with E-state index in [-0.39, 0.29) is 28.0 Å². The minimum absolute atomic E-state index is 0.0496. The molecule has 2 heterocycles. The fourth-order valence-corrected chi connectivity index (χ4v) is 3.91. The van der Waals surface area contributed by atoms with Gasteiger partial charge in [0, 0.05) is 18.7 Å². The molecule has 3 aromatic rings. The van der Waals surface area contributed by atoms with Gasteiger partial charge in [-0.2, -0.15) is 0 Å². The Morgan fingerprint density at radius 1 is 1.16 bits per heavy atom. The van der Waals surface area contributed by atoms with Crippen molar-refractivity contribution >= 4 is 22.6 Å². The Balaban J connectivity index is 1.87. The highest BCUT2D eigenvalue weighted by atomic mass is 19.1. The lowest BCUT2D eigenvalue weighted by Crippen LogP contribution is -2.32. The second-order valence-corrected chi connectivity index (χ2v) is 7.72. The van der Waals surface area contributed by atoms with Gasteiger partial charge in [0.2, 0.25) is 5.76 Å². The zero-order valence-corrected chi connectivity index (χ0v) is 17.0. The van der Waals surface area contributed by atoms with Crippen LogP contribution in [0.1, 0.15) is 34.1 Å². The van der Waals surface area contributed by atoms with Gasteiger partial charge in [0.05, 0.1) is 21.9 Å². The van der Waals surface area contributed by atoms with Crippen LogP contribution in [0.25, 0.3) is 11.0 Å². The van der Waals surface area contributed by atoms with E-state index in [2.05, 4.69) is 0 Å². The Hall–Kier alpha value is -3.59. The van der Waals surface area contributed by atoms with Gasteiger partial charge in [0.25, 0.3) is 11.6 Å². The number of rotatable bonds is 6. The summed E-state index contributed by atoms with van der Waals surface area (Å²) < 4.78 is 19.5. The van der Waals surface area contributed by atoms with Gasteiger partial charge in [0.1, 0.15) is 11.4 Å². The van der Waals surface area contributed by atoms with Gasteiger partial charge in [-0.1, -0.05) is 0 Å². The van der Waals surface area contributed by atoms with E-state index in [0.29, 0.717) is 18.5 Å². The number of hydrogen-bond donors (Lipinski definition) is 0. The van der Waals surface area contributed by atoms with Crippen LogP contribution in [0.4, 0.5) is 10.1 Å². The predicted octanol–water partition coefficient (Wildman–Crippen LogP) is 3.34. The topological polar surface area (TPSA) is 96.9 Å². The van der Waals surface area contributed by atoms with Crippen molar-refractivity contribution in [1.82, 2.24) is 9.80 Å². The van der Waals surface area contributed by atoms with E-state index in [9.17, 15) is 24.1 Å². The highest BCUT2D eigenvalue weighted by Gasteiger charge is 2.42. The summed E-state index contributed by atoms with van der Waals surface area (Å²) in [5, 5.41) is 11.1. The first-order valence-corrected chi connectivity index (χ1v) is 9.74. The normalized spacial score (nSPS) is 15.7. The van der Waals surface area contributed by atoms with Crippen molar-refractivity contribution in [2.45, 2.75) is 12.5 Å². The van der Waals surface area contributed by atoms with E-state index in [1.807, 2.05) is 19.0 Å². The van der Waals surface area contributed by atoms with Gasteiger partial charge in [0.15, 0.2) is 5.43 Å². The zero-order valence-electron chi connectivity index (χ0n) is 17.0. The molecule has 0 saturated heterocycles. The molecule has 8 nitrogen and oxygen atoms in total. The van der Waals surface area contributed by atoms with E-state index in [0.717, 1.165) is 12.6 Å². The van der Waals surface area contributed by atoms with Crippen molar-refractivity contribution in [2.24, 2.45) is 0 Å². The Morgan fingerprint density at radius 3 is 2.52 bits per heavy atom. The summed E-state index contributed by atoms with van der Waals surface area (Å²) in [5.74, 6) is -1.09. The third kappa shape index (κ3) is 3.68. The fraction of sp³-hybridized carbons (Fsp3) is 0.273. The van der Waals surface area contributed by atoms with Crippen LogP contribution in [-0.4, -0.2) is 47.8 Å². The number of halogens is 1. The van der Waals surface area contributed by atoms with Crippen molar-refractivity contribution in [3.8, 4) is 0 Å². The van der Waals surface area contributed by atoms with Gasteiger partial charge >= 0.3 is 0 Å². The number of carbonyl (C=O) groups excluding carboxylic acids is 1. The number of nitrogens with zero attached hydrogens (tertiary/aromatic N) is 3. The van der Waals surface area contributed by atoms with Crippen LogP contribution in [0.2, 0.25) is 0 Å². The van der Waals surface area contributed by atoms with Crippen molar-refractivity contribution in [1.29, 1.82) is 0 Å². The molecule has 0 spiro atoms. The highest BCUT2D eigenvalue weighted by molar-refractivity contribution is 5.99. The van der Waals surface area contributed by atoms with E-state index < -0.39 is 28.1 Å². The molecule has 0 N–H and O–H groups in total. The first-order valence-electron chi connectivity index (χ1n) is 9.74. The lowest BCUT2D eigenvalue weighted by atomic mass is 9.98. The maximum Gasteiger partial charge on any atom is 0.290 e. The maximum absolute atomic E-state index is 13.8. The molecule has 9 heteroatoms. The van der Waals surface area contributed by atoms with Crippen LogP contribution in [0, 0.1) is 15.9 Å². The molecule has 1 atom stereocenters. The molecule has 0 bridgehead atoms. The summed E-state index contributed by atoms with van der Waals surface area (Å²) in [4.78, 5) is 40.5. The van der Waals surface area contributed by atoms with Crippen LogP contribution in [-0.2, 0) is 0 Å². The number of fused-ring (bicyclic) bond motifs is 2. The summed E-state index contributed by atoms with van der Waals surface area (Å²) in [6, 6.07) is 8.53. The summed E-state index contributed by atoms with van der Waals surface area (Å²) in [5.41, 5.74) is 0.228. The Bertz CT molecular complexity index is 1240. The van der Waals surface area contributed by atoms with Crippen LogP contribution in [0.15, 0.2) is 51.7 Å². The third-order valence-corrected chi connectivity index (χ3v) is 5.35. The molecule has 1 aliphatic heterocycles. The molecule has 0 aliphatic carbocycles. The summed E-state index contributed by atoms with van der Waals surface area (Å²) in [6.07, 6.45) is 0.651. The Labute approximate surface area is 176 Å². The van der Waals surface area contributed by atoms with Gasteiger partial charge in [-0.3, -0.25) is 19.7 Å². The van der Waals surface area contributed by atoms with Crippen LogP contribution < -0.4 is 5.43 Å². The zero-order chi connectivity index (χ0) is 22.3. The number of amides is 1. The van der Waals surface area contributed by atoms with E-state index in [1.54, 1.807) is 0 Å². The van der Waals surface area contributed by atoms with Gasteiger partial charge < -0.3 is 14.2 Å². The quantitative estimate of drug-likeness (QED) is 0.444. The van der Waals surface area contributed by atoms with Gasteiger partial charge in [-0.05, 0) is 63.0 Å². The summed E-state index contributed by atoms with van der Waals surface area (Å²) in [6.45, 7) is 1.08. The fourth-order valence-electron chi connectivity index (χ4n) is 3.91. The Kier molecular flexibility index (Phi) is 5.28. The van der Waals surface area contributed by atoms with Gasteiger partial charge in [-0.25, -0.2) is 4.39 Å². The smallest absolute Gasteiger partial charge is 0.290 e. The summed E-state index contributed by atoms with van der Waals surface area (Å²) in [7, 11) is 3.83. The number of benzene rings is 2. The van der Waals surface area contributed by atoms with E-state index in [4.69, 9.17) is 4.42 Å². The predicted molar refractivity (Wildman–Crippen MR) is 112 cm³/mol. The molecule has 4 rings (SSSR count). The van der Waals surface area contributed by atoms with Crippen molar-refractivity contribution in [3.05, 3.63) is 85.5 Å². The average Bonchev–Trinajstić information content (AvgIpc) is 3.01. The molecule has 1 aromatic heterocycles. The second-order valence-electron chi connectivity index (χ2n) is 7.72. The number of non-ortho nitro benzene ring substituents is 1. The molecule has 0 saturated carbocycles. The molecule has 31 heavy (non-hydrogen) atoms. The molecule has 1 amide bonds. The minimum Gasteiger partial charge on any atom is -0.450 e. The van der Waals surface area contributed by atoms with Crippen LogP contribution >= 0.6 is 0 Å². The standard InChI is InChI=1S/C22H20FN3O5/c1-24(2)10-3-11-25-19(13-4-7-15(8-5-13)26(29)30)18-20(27)16-12-14(23)6-9-17(16)31-21(18)22(25)28/h4-9,12,19H,3,10-11H2,1-2H3/t19-/m0/s1. The van der Waals surface area contributed by atoms with Crippen LogP contribution in [0.3, 0.4) is 0 Å². The molecule has 160 valence electrons. The molecule has 0 unspecified atom stereocenters. The molecule has 0 radical (unpaired) electrons. The molecule has 1 aliphatic rings. The number of nitro benzene ring substituents is 1. The largest absolute Gasteiger partial charge is 0.450 e. The minimum atomic E-state index is -0.769. The van der Waals surface area contributed by atoms with Crippen molar-refractivity contribution in [3.63, 3.8) is 0 Å². The van der Waals surface area contributed by atoms with E-state index in [1.165, 1.54) is 41.3 Å². The summed E-state index contributed by atoms with van der Waals surface area (Å²) >= 11 is 0. The molecular formula is C22H20FN3O5. The lowest BCUT2D eigenvalue weighted by Gasteiger charge is -2.25. The molecular weight excluding hydrogens is 405 g/mol. The lowest BCUT2D eigenvalue weighted by molar-refractivity contribution is -0.384. The monoisotopic (exact) mass is 425 g/mol. The SMILES string of the molecule is CN(C)CCCN1C(=O)c2oc3ccc(F)cc3c(=O)c2[C@@H]1c1ccc([N+](=O)[O-])cc1.